The zero-order valence-corrected chi connectivity index (χ0v) is 18.2. The zero-order chi connectivity index (χ0) is 24.1. The highest BCUT2D eigenvalue weighted by atomic mass is 32.2. The molecule has 0 unspecified atom stereocenters. The molecule has 1 saturated carbocycles. The maximum atomic E-state index is 14.4. The van der Waals surface area contributed by atoms with Crippen LogP contribution in [-0.2, 0) is 26.4 Å². The molecule has 0 aromatic heterocycles. The normalized spacial score (nSPS) is 21.7. The van der Waals surface area contributed by atoms with Gasteiger partial charge in [-0.1, -0.05) is 19.1 Å². The fraction of sp³-hybridized carbons (Fsp3) is 0.381. The van der Waals surface area contributed by atoms with Gasteiger partial charge >= 0.3 is 6.18 Å². The van der Waals surface area contributed by atoms with Crippen molar-refractivity contribution in [1.29, 1.82) is 0 Å². The van der Waals surface area contributed by atoms with Gasteiger partial charge in [0.05, 0.1) is 23.5 Å². The minimum absolute atomic E-state index is 0.174. The summed E-state index contributed by atoms with van der Waals surface area (Å²) in [5, 5.41) is 2.59. The molecular weight excluding hydrogens is 455 g/mol. The van der Waals surface area contributed by atoms with E-state index >= 15 is 0 Å². The van der Waals surface area contributed by atoms with Crippen LogP contribution >= 0.6 is 0 Å². The third kappa shape index (κ3) is 5.03. The van der Waals surface area contributed by atoms with E-state index in [2.05, 4.69) is 5.32 Å². The molecule has 0 spiro atoms. The Morgan fingerprint density at radius 3 is 2.25 bits per heavy atom. The van der Waals surface area contributed by atoms with Crippen LogP contribution in [0.2, 0.25) is 0 Å². The first-order valence-electron chi connectivity index (χ1n) is 9.56. The third-order valence-electron chi connectivity index (χ3n) is 5.63. The van der Waals surface area contributed by atoms with Gasteiger partial charge in [-0.2, -0.15) is 13.2 Å². The second kappa shape index (κ2) is 8.02. The quantitative estimate of drug-likeness (QED) is 0.603. The van der Waals surface area contributed by atoms with Crippen LogP contribution in [0.25, 0.3) is 0 Å². The smallest absolute Gasteiger partial charge is 0.349 e. The number of hydrogen-bond donors (Lipinski definition) is 2. The molecule has 32 heavy (non-hydrogen) atoms. The molecule has 5 nitrogen and oxygen atoms in total. The lowest BCUT2D eigenvalue weighted by atomic mass is 9.94. The molecule has 3 rings (SSSR count). The van der Waals surface area contributed by atoms with E-state index in [1.165, 1.54) is 19.1 Å². The third-order valence-corrected chi connectivity index (χ3v) is 6.22. The average molecular weight is 476 g/mol. The first-order chi connectivity index (χ1) is 14.6. The molecule has 2 N–H and O–H groups in total. The van der Waals surface area contributed by atoms with Gasteiger partial charge in [0.15, 0.2) is 0 Å². The number of halogens is 5. The lowest BCUT2D eigenvalue weighted by Crippen LogP contribution is -2.31. The maximum absolute atomic E-state index is 14.4. The molecule has 2 aromatic rings. The van der Waals surface area contributed by atoms with E-state index in [9.17, 15) is 35.2 Å². The van der Waals surface area contributed by atoms with Crippen LogP contribution < -0.4 is 10.0 Å². The van der Waals surface area contributed by atoms with Gasteiger partial charge < -0.3 is 5.32 Å². The predicted molar refractivity (Wildman–Crippen MR) is 108 cm³/mol. The molecular formula is C21H21F5N2O3S. The summed E-state index contributed by atoms with van der Waals surface area (Å²) in [5.74, 6) is -2.90. The van der Waals surface area contributed by atoms with E-state index < -0.39 is 62.4 Å². The van der Waals surface area contributed by atoms with Crippen LogP contribution in [0.3, 0.4) is 0 Å². The van der Waals surface area contributed by atoms with Crippen LogP contribution in [0.4, 0.5) is 27.6 Å². The van der Waals surface area contributed by atoms with Gasteiger partial charge in [-0.15, -0.1) is 0 Å². The van der Waals surface area contributed by atoms with E-state index in [0.29, 0.717) is 18.1 Å². The number of nitrogens with one attached hydrogen (secondary N) is 2. The van der Waals surface area contributed by atoms with Crippen molar-refractivity contribution in [3.05, 3.63) is 64.7 Å². The molecule has 174 valence electrons. The van der Waals surface area contributed by atoms with Gasteiger partial charge in [-0.25, -0.2) is 17.2 Å². The Balaban J connectivity index is 1.71. The molecule has 0 radical (unpaired) electrons. The van der Waals surface area contributed by atoms with E-state index in [1.54, 1.807) is 6.92 Å². The first kappa shape index (κ1) is 24.0. The summed E-state index contributed by atoms with van der Waals surface area (Å²) in [4.78, 5) is 12.7. The van der Waals surface area contributed by atoms with E-state index in [-0.39, 0.29) is 5.56 Å². The van der Waals surface area contributed by atoms with Crippen LogP contribution in [0.1, 0.15) is 43.0 Å². The molecule has 0 saturated heterocycles. The number of carbonyl (C=O) groups excluding carboxylic acids is 1. The number of rotatable bonds is 6. The van der Waals surface area contributed by atoms with Gasteiger partial charge in [0.1, 0.15) is 11.6 Å². The molecule has 0 heterocycles. The second-order valence-corrected chi connectivity index (χ2v) is 9.96. The van der Waals surface area contributed by atoms with Crippen LogP contribution in [0, 0.1) is 17.6 Å². The molecule has 1 amide bonds. The summed E-state index contributed by atoms with van der Waals surface area (Å²) in [6, 6.07) is 5.15. The van der Waals surface area contributed by atoms with Crippen LogP contribution in [0.15, 0.2) is 36.4 Å². The Labute approximate surface area is 182 Å². The van der Waals surface area contributed by atoms with Gasteiger partial charge in [0.2, 0.25) is 15.9 Å². The molecule has 0 bridgehead atoms. The lowest BCUT2D eigenvalue weighted by Gasteiger charge is -2.18. The number of benzene rings is 2. The summed E-state index contributed by atoms with van der Waals surface area (Å²) in [5.41, 5.74) is -1.60. The van der Waals surface area contributed by atoms with E-state index in [1.807, 2.05) is 4.72 Å². The average Bonchev–Trinajstić information content (AvgIpc) is 3.36. The Hall–Kier alpha value is -2.69. The Bertz CT molecular complexity index is 1150. The fourth-order valence-corrected chi connectivity index (χ4v) is 4.23. The fourth-order valence-electron chi connectivity index (χ4n) is 3.67. The van der Waals surface area contributed by atoms with Crippen molar-refractivity contribution in [3.8, 4) is 0 Å². The van der Waals surface area contributed by atoms with Gasteiger partial charge in [-0.3, -0.25) is 9.52 Å². The number of carbonyl (C=O) groups is 1. The van der Waals surface area contributed by atoms with Crippen molar-refractivity contribution in [2.75, 3.05) is 11.0 Å². The van der Waals surface area contributed by atoms with Crippen LogP contribution in [0.5, 0.6) is 0 Å². The van der Waals surface area contributed by atoms with Gasteiger partial charge in [0, 0.05) is 23.0 Å². The van der Waals surface area contributed by atoms with E-state index in [4.69, 9.17) is 0 Å². The highest BCUT2D eigenvalue weighted by Gasteiger charge is 2.55. The SMILES string of the molecule is C[C@@H](NC(=O)[C@H]1C[C@]1(C)c1ccc(C(F)(F)F)cc1)c1cc(F)c(NS(C)(=O)=O)cc1F. The minimum atomic E-state index is -4.46. The Morgan fingerprint density at radius 1 is 1.12 bits per heavy atom. The van der Waals surface area contributed by atoms with Crippen molar-refractivity contribution >= 4 is 21.6 Å². The summed E-state index contributed by atoms with van der Waals surface area (Å²) in [7, 11) is -3.81. The standard InChI is InChI=1S/C21H21F5N2O3S/c1-11(14-8-17(23)18(9-16(14)22)28-32(3,30)31)27-19(29)15-10-20(15,2)12-4-6-13(7-5-12)21(24,25)26/h4-9,11,15,28H,10H2,1-3H3,(H,27,29)/t11-,15-,20-/m1/s1. The molecule has 0 aliphatic heterocycles. The summed E-state index contributed by atoms with van der Waals surface area (Å²) in [6.07, 6.45) is -3.27. The number of sulfonamides is 1. The molecule has 1 aliphatic rings. The largest absolute Gasteiger partial charge is 0.416 e. The Kier molecular flexibility index (Phi) is 6.01. The van der Waals surface area contributed by atoms with E-state index in [0.717, 1.165) is 24.5 Å². The monoisotopic (exact) mass is 476 g/mol. The predicted octanol–water partition coefficient (Wildman–Crippen LogP) is 4.51. The highest BCUT2D eigenvalue weighted by molar-refractivity contribution is 7.92. The summed E-state index contributed by atoms with van der Waals surface area (Å²) in [6.45, 7) is 3.19. The highest BCUT2D eigenvalue weighted by Crippen LogP contribution is 2.54. The van der Waals surface area contributed by atoms with Crippen molar-refractivity contribution in [2.24, 2.45) is 5.92 Å². The zero-order valence-electron chi connectivity index (χ0n) is 17.3. The van der Waals surface area contributed by atoms with Crippen molar-refractivity contribution in [1.82, 2.24) is 5.32 Å². The first-order valence-corrected chi connectivity index (χ1v) is 11.5. The molecule has 3 atom stereocenters. The number of anilines is 1. The second-order valence-electron chi connectivity index (χ2n) is 8.21. The molecule has 11 heteroatoms. The molecule has 1 aliphatic carbocycles. The van der Waals surface area contributed by atoms with Gasteiger partial charge in [0.25, 0.3) is 0 Å². The Morgan fingerprint density at radius 2 is 1.72 bits per heavy atom. The van der Waals surface area contributed by atoms with Crippen molar-refractivity contribution in [2.45, 2.75) is 37.9 Å². The lowest BCUT2D eigenvalue weighted by molar-refractivity contribution is -0.137. The molecule has 1 fully saturated rings. The number of amides is 1. The minimum Gasteiger partial charge on any atom is -0.349 e. The topological polar surface area (TPSA) is 75.3 Å². The molecule has 2 aromatic carbocycles. The summed E-state index contributed by atoms with van der Waals surface area (Å²) >= 11 is 0. The van der Waals surface area contributed by atoms with Crippen molar-refractivity contribution < 1.29 is 35.2 Å². The number of hydrogen-bond acceptors (Lipinski definition) is 3. The number of alkyl halides is 3. The van der Waals surface area contributed by atoms with Gasteiger partial charge in [-0.05, 0) is 37.1 Å². The van der Waals surface area contributed by atoms with Crippen molar-refractivity contribution in [3.63, 3.8) is 0 Å². The summed E-state index contributed by atoms with van der Waals surface area (Å²) < 4.78 is 91.2. The maximum Gasteiger partial charge on any atom is 0.416 e. The van der Waals surface area contributed by atoms with Crippen LogP contribution in [-0.4, -0.2) is 20.6 Å².